The summed E-state index contributed by atoms with van der Waals surface area (Å²) in [5.74, 6) is 0.461. The third-order valence-electron chi connectivity index (χ3n) is 2.38. The molecule has 0 aliphatic carbocycles. The minimum absolute atomic E-state index is 0.257. The summed E-state index contributed by atoms with van der Waals surface area (Å²) < 4.78 is 5.59. The molecule has 0 atom stereocenters. The maximum Gasteiger partial charge on any atom is 0.205 e. The standard InChI is InChI=1S/C11H19N3O/c1-10(13-7-3-6-12)15-11-4-8-14(2)9-5-11/h3,6-7,11H,1,4-5,8-9,12H2,2H3/b6-3-,13-7-. The summed E-state index contributed by atoms with van der Waals surface area (Å²) in [5, 5.41) is 0. The van der Waals surface area contributed by atoms with Crippen LogP contribution in [-0.2, 0) is 4.74 Å². The maximum absolute atomic E-state index is 5.59. The number of allylic oxidation sites excluding steroid dienone is 1. The van der Waals surface area contributed by atoms with Crippen LogP contribution in [0.4, 0.5) is 0 Å². The summed E-state index contributed by atoms with van der Waals surface area (Å²) in [5.41, 5.74) is 5.17. The van der Waals surface area contributed by atoms with Gasteiger partial charge in [-0.15, -0.1) is 0 Å². The Balaban J connectivity index is 2.26. The molecule has 0 spiro atoms. The maximum atomic E-state index is 5.59. The van der Waals surface area contributed by atoms with E-state index < -0.39 is 0 Å². The average Bonchev–Trinajstić information content (AvgIpc) is 2.22. The highest BCUT2D eigenvalue weighted by atomic mass is 16.5. The van der Waals surface area contributed by atoms with E-state index in [9.17, 15) is 0 Å². The molecule has 0 radical (unpaired) electrons. The van der Waals surface area contributed by atoms with Gasteiger partial charge < -0.3 is 15.4 Å². The SMILES string of the molecule is C=C(/N=C\C=C/N)OC1CCN(C)CC1. The molecule has 2 N–H and O–H groups in total. The fourth-order valence-electron chi connectivity index (χ4n) is 1.50. The summed E-state index contributed by atoms with van der Waals surface area (Å²) in [4.78, 5) is 6.30. The van der Waals surface area contributed by atoms with E-state index in [1.165, 1.54) is 6.20 Å². The van der Waals surface area contributed by atoms with Crippen molar-refractivity contribution in [3.63, 3.8) is 0 Å². The van der Waals surface area contributed by atoms with Crippen molar-refractivity contribution in [3.05, 3.63) is 24.7 Å². The molecule has 1 aliphatic rings. The van der Waals surface area contributed by atoms with Crippen LogP contribution in [0.25, 0.3) is 0 Å². The van der Waals surface area contributed by atoms with Gasteiger partial charge in [-0.25, -0.2) is 4.99 Å². The van der Waals surface area contributed by atoms with Gasteiger partial charge in [-0.2, -0.15) is 0 Å². The molecule has 0 bridgehead atoms. The molecule has 15 heavy (non-hydrogen) atoms. The zero-order chi connectivity index (χ0) is 11.1. The number of aliphatic imine (C=N–C) groups is 1. The number of nitrogens with zero attached hydrogens (tertiary/aromatic N) is 2. The van der Waals surface area contributed by atoms with Gasteiger partial charge in [0.2, 0.25) is 5.88 Å². The second-order valence-electron chi connectivity index (χ2n) is 3.68. The molecule has 0 unspecified atom stereocenters. The molecule has 0 aromatic rings. The Kier molecular flexibility index (Phi) is 4.90. The van der Waals surface area contributed by atoms with Gasteiger partial charge in [0, 0.05) is 19.3 Å². The van der Waals surface area contributed by atoms with Gasteiger partial charge in [0.05, 0.1) is 0 Å². The van der Waals surface area contributed by atoms with Crippen molar-refractivity contribution in [2.75, 3.05) is 20.1 Å². The molecular formula is C11H19N3O. The smallest absolute Gasteiger partial charge is 0.205 e. The quantitative estimate of drug-likeness (QED) is 0.557. The molecule has 84 valence electrons. The number of piperidine rings is 1. The van der Waals surface area contributed by atoms with Crippen LogP contribution < -0.4 is 5.73 Å². The molecule has 4 nitrogen and oxygen atoms in total. The van der Waals surface area contributed by atoms with Crippen LogP contribution in [0.2, 0.25) is 0 Å². The Morgan fingerprint density at radius 3 is 2.80 bits per heavy atom. The number of ether oxygens (including phenoxy) is 1. The van der Waals surface area contributed by atoms with Crippen molar-refractivity contribution in [3.8, 4) is 0 Å². The number of nitrogens with two attached hydrogens (primary N) is 1. The monoisotopic (exact) mass is 209 g/mol. The predicted molar refractivity (Wildman–Crippen MR) is 62.6 cm³/mol. The van der Waals surface area contributed by atoms with Crippen LogP contribution in [0.3, 0.4) is 0 Å². The van der Waals surface area contributed by atoms with E-state index in [0.717, 1.165) is 25.9 Å². The molecule has 0 saturated carbocycles. The van der Waals surface area contributed by atoms with Gasteiger partial charge in [-0.1, -0.05) is 0 Å². The Morgan fingerprint density at radius 1 is 1.53 bits per heavy atom. The lowest BCUT2D eigenvalue weighted by atomic mass is 10.1. The fourth-order valence-corrected chi connectivity index (χ4v) is 1.50. The number of rotatable bonds is 4. The lowest BCUT2D eigenvalue weighted by Gasteiger charge is -2.28. The van der Waals surface area contributed by atoms with E-state index in [0.29, 0.717) is 5.88 Å². The van der Waals surface area contributed by atoms with Crippen molar-refractivity contribution >= 4 is 6.21 Å². The van der Waals surface area contributed by atoms with Crippen LogP contribution >= 0.6 is 0 Å². The zero-order valence-corrected chi connectivity index (χ0v) is 9.22. The Morgan fingerprint density at radius 2 is 2.20 bits per heavy atom. The second-order valence-corrected chi connectivity index (χ2v) is 3.68. The van der Waals surface area contributed by atoms with Gasteiger partial charge >= 0.3 is 0 Å². The first-order chi connectivity index (χ1) is 7.22. The molecule has 0 aromatic heterocycles. The first-order valence-corrected chi connectivity index (χ1v) is 5.17. The lowest BCUT2D eigenvalue weighted by Crippen LogP contribution is -2.33. The minimum Gasteiger partial charge on any atom is -0.475 e. The fraction of sp³-hybridized carbons (Fsp3) is 0.545. The van der Waals surface area contributed by atoms with Crippen LogP contribution in [0, 0.1) is 0 Å². The minimum atomic E-state index is 0.257. The summed E-state index contributed by atoms with van der Waals surface area (Å²) >= 11 is 0. The van der Waals surface area contributed by atoms with Crippen molar-refractivity contribution in [2.45, 2.75) is 18.9 Å². The molecule has 1 rings (SSSR count). The van der Waals surface area contributed by atoms with Crippen LogP contribution in [0.5, 0.6) is 0 Å². The van der Waals surface area contributed by atoms with E-state index in [1.807, 2.05) is 0 Å². The number of likely N-dealkylation sites (tertiary alicyclic amines) is 1. The van der Waals surface area contributed by atoms with Crippen molar-refractivity contribution in [2.24, 2.45) is 10.7 Å². The van der Waals surface area contributed by atoms with Crippen LogP contribution in [-0.4, -0.2) is 37.4 Å². The summed E-state index contributed by atoms with van der Waals surface area (Å²) in [6.45, 7) is 5.88. The summed E-state index contributed by atoms with van der Waals surface area (Å²) in [6.07, 6.45) is 6.98. The van der Waals surface area contributed by atoms with Gasteiger partial charge in [0.25, 0.3) is 0 Å². The Bertz CT molecular complexity index is 253. The van der Waals surface area contributed by atoms with Crippen LogP contribution in [0.15, 0.2) is 29.7 Å². The first-order valence-electron chi connectivity index (χ1n) is 5.17. The molecule has 1 heterocycles. The molecule has 1 saturated heterocycles. The van der Waals surface area contributed by atoms with E-state index in [-0.39, 0.29) is 6.10 Å². The largest absolute Gasteiger partial charge is 0.475 e. The van der Waals surface area contributed by atoms with E-state index in [4.69, 9.17) is 10.5 Å². The van der Waals surface area contributed by atoms with Gasteiger partial charge in [-0.05, 0) is 38.7 Å². The van der Waals surface area contributed by atoms with Gasteiger partial charge in [0.15, 0.2) is 0 Å². The molecule has 4 heteroatoms. The molecule has 0 aromatic carbocycles. The zero-order valence-electron chi connectivity index (χ0n) is 9.22. The predicted octanol–water partition coefficient (Wildman–Crippen LogP) is 1.11. The van der Waals surface area contributed by atoms with Crippen LogP contribution in [0.1, 0.15) is 12.8 Å². The number of hydrogen-bond donors (Lipinski definition) is 1. The van der Waals surface area contributed by atoms with Crippen molar-refractivity contribution in [1.29, 1.82) is 0 Å². The second kappa shape index (κ2) is 6.24. The molecular weight excluding hydrogens is 190 g/mol. The highest BCUT2D eigenvalue weighted by molar-refractivity contribution is 5.71. The van der Waals surface area contributed by atoms with Gasteiger partial charge in [-0.3, -0.25) is 0 Å². The molecule has 0 amide bonds. The van der Waals surface area contributed by atoms with Gasteiger partial charge in [0.1, 0.15) is 6.10 Å². The van der Waals surface area contributed by atoms with Crippen molar-refractivity contribution in [1.82, 2.24) is 4.90 Å². The highest BCUT2D eigenvalue weighted by Gasteiger charge is 2.17. The van der Waals surface area contributed by atoms with Crippen molar-refractivity contribution < 1.29 is 4.74 Å². The van der Waals surface area contributed by atoms with E-state index in [1.54, 1.807) is 12.3 Å². The normalized spacial score (nSPS) is 20.1. The topological polar surface area (TPSA) is 50.9 Å². The molecule has 1 fully saturated rings. The first kappa shape index (κ1) is 11.8. The highest BCUT2D eigenvalue weighted by Crippen LogP contribution is 2.15. The average molecular weight is 209 g/mol. The lowest BCUT2D eigenvalue weighted by molar-refractivity contribution is 0.0582. The third kappa shape index (κ3) is 4.65. The molecule has 1 aliphatic heterocycles. The summed E-state index contributed by atoms with van der Waals surface area (Å²) in [6, 6.07) is 0. The number of hydrogen-bond acceptors (Lipinski definition) is 4. The van der Waals surface area contributed by atoms with E-state index in [2.05, 4.69) is 23.5 Å². The third-order valence-corrected chi connectivity index (χ3v) is 2.38. The summed E-state index contributed by atoms with van der Waals surface area (Å²) in [7, 11) is 2.12. The Labute approximate surface area is 91.1 Å². The van der Waals surface area contributed by atoms with E-state index >= 15 is 0 Å². The Hall–Kier alpha value is -1.29.